The lowest BCUT2D eigenvalue weighted by atomic mass is 10.1. The Morgan fingerprint density at radius 1 is 0.760 bits per heavy atom. The molecule has 1 aliphatic heterocycles. The first-order chi connectivity index (χ1) is 12.2. The number of nitrogens with zero attached hydrogens (tertiary/aromatic N) is 2. The largest absolute Gasteiger partial charge is 0.255 e. The van der Waals surface area contributed by atoms with Crippen LogP contribution in [0.2, 0.25) is 0 Å². The van der Waals surface area contributed by atoms with Gasteiger partial charge in [0.25, 0.3) is 0 Å². The predicted octanol–water partition coefficient (Wildman–Crippen LogP) is 6.52. The van der Waals surface area contributed by atoms with E-state index in [1.807, 2.05) is 35.8 Å². The van der Waals surface area contributed by atoms with Crippen molar-refractivity contribution in [3.8, 4) is 0 Å². The van der Waals surface area contributed by atoms with E-state index in [9.17, 15) is 0 Å². The molecule has 0 saturated carbocycles. The smallest absolute Gasteiger partial charge is 0.0717 e. The molecule has 0 radical (unpaired) electrons. The Labute approximate surface area is 155 Å². The number of rotatable bonds is 1. The van der Waals surface area contributed by atoms with Crippen molar-refractivity contribution < 1.29 is 0 Å². The molecule has 3 heterocycles. The average molecular weight is 361 g/mol. The summed E-state index contributed by atoms with van der Waals surface area (Å²) in [5.41, 5.74) is 3.32. The van der Waals surface area contributed by atoms with Crippen molar-refractivity contribution in [2.45, 2.75) is 39.3 Å². The Morgan fingerprint density at radius 3 is 2.20 bits per heavy atom. The van der Waals surface area contributed by atoms with Crippen molar-refractivity contribution in [3.05, 3.63) is 60.4 Å². The Morgan fingerprint density at radius 2 is 1.44 bits per heavy atom. The fourth-order valence-corrected chi connectivity index (χ4v) is 6.00. The van der Waals surface area contributed by atoms with E-state index in [2.05, 4.69) is 61.3 Å². The van der Waals surface area contributed by atoms with Gasteiger partial charge in [0.1, 0.15) is 0 Å². The number of hydrogen-bond donors (Lipinski definition) is 0. The molecule has 4 heteroatoms. The van der Waals surface area contributed by atoms with Gasteiger partial charge >= 0.3 is 0 Å². The normalized spacial score (nSPS) is 13.2. The molecule has 0 bridgehead atoms. The van der Waals surface area contributed by atoms with Crippen LogP contribution in [0.15, 0.2) is 74.3 Å². The van der Waals surface area contributed by atoms with E-state index in [0.717, 1.165) is 11.0 Å². The van der Waals surface area contributed by atoms with Gasteiger partial charge in [0.2, 0.25) is 0 Å². The molecule has 0 saturated heterocycles. The van der Waals surface area contributed by atoms with Crippen molar-refractivity contribution in [2.24, 2.45) is 0 Å². The fourth-order valence-electron chi connectivity index (χ4n) is 3.26. The summed E-state index contributed by atoms with van der Waals surface area (Å²) in [5.74, 6) is 0.390. The Kier molecular flexibility index (Phi) is 3.50. The summed E-state index contributed by atoms with van der Waals surface area (Å²) < 4.78 is 0. The van der Waals surface area contributed by atoms with Gasteiger partial charge in [-0.1, -0.05) is 73.8 Å². The van der Waals surface area contributed by atoms with Gasteiger partial charge in [0, 0.05) is 36.6 Å². The lowest BCUT2D eigenvalue weighted by Gasteiger charge is -2.24. The van der Waals surface area contributed by atoms with Gasteiger partial charge in [0.15, 0.2) is 0 Å². The molecule has 0 spiro atoms. The van der Waals surface area contributed by atoms with E-state index in [0.29, 0.717) is 5.92 Å². The summed E-state index contributed by atoms with van der Waals surface area (Å²) in [7, 11) is 0. The Balaban J connectivity index is 1.82. The standard InChI is InChI=1S/C21H16N2S2/c1-12(2)18-21-20(14-8-4-6-10-16(14)23-18)25-19-13-7-3-5-9-15(13)22-11-17(19)24-21/h3-12H,1-2H3. The van der Waals surface area contributed by atoms with Crippen LogP contribution in [0.25, 0.3) is 21.8 Å². The van der Waals surface area contributed by atoms with E-state index in [-0.39, 0.29) is 0 Å². The molecule has 2 nitrogen and oxygen atoms in total. The fraction of sp³-hybridized carbons (Fsp3) is 0.143. The summed E-state index contributed by atoms with van der Waals surface area (Å²) >= 11 is 3.69. The van der Waals surface area contributed by atoms with Crippen LogP contribution in [0.4, 0.5) is 0 Å². The minimum atomic E-state index is 0.390. The molecule has 0 unspecified atom stereocenters. The molecule has 4 aromatic rings. The van der Waals surface area contributed by atoms with Crippen molar-refractivity contribution in [1.29, 1.82) is 0 Å². The summed E-state index contributed by atoms with van der Waals surface area (Å²) in [5, 5.41) is 2.47. The number of benzene rings is 2. The second-order valence-electron chi connectivity index (χ2n) is 6.50. The van der Waals surface area contributed by atoms with E-state index in [1.54, 1.807) is 0 Å². The predicted molar refractivity (Wildman–Crippen MR) is 106 cm³/mol. The lowest BCUT2D eigenvalue weighted by molar-refractivity contribution is 0.791. The average Bonchev–Trinajstić information content (AvgIpc) is 2.65. The minimum Gasteiger partial charge on any atom is -0.255 e. The number of fused-ring (bicyclic) bond motifs is 6. The van der Waals surface area contributed by atoms with Gasteiger partial charge in [-0.05, 0) is 18.1 Å². The van der Waals surface area contributed by atoms with Crippen LogP contribution < -0.4 is 0 Å². The highest BCUT2D eigenvalue weighted by Crippen LogP contribution is 2.54. The van der Waals surface area contributed by atoms with Crippen molar-refractivity contribution in [3.63, 3.8) is 0 Å². The molecule has 2 aromatic carbocycles. The molecule has 0 atom stereocenters. The summed E-state index contributed by atoms with van der Waals surface area (Å²) in [4.78, 5) is 14.8. The molecule has 0 fully saturated rings. The molecule has 1 aliphatic rings. The first-order valence-electron chi connectivity index (χ1n) is 8.38. The Bertz CT molecular complexity index is 1140. The number of aromatic nitrogens is 2. The van der Waals surface area contributed by atoms with Crippen molar-refractivity contribution >= 4 is 45.3 Å². The molecule has 25 heavy (non-hydrogen) atoms. The second-order valence-corrected chi connectivity index (χ2v) is 8.57. The van der Waals surface area contributed by atoms with E-state index < -0.39 is 0 Å². The third-order valence-corrected chi connectivity index (χ3v) is 7.16. The third kappa shape index (κ3) is 2.35. The molecule has 2 aromatic heterocycles. The lowest BCUT2D eigenvalue weighted by Crippen LogP contribution is -2.02. The van der Waals surface area contributed by atoms with Crippen LogP contribution in [0.1, 0.15) is 25.5 Å². The number of para-hydroxylation sites is 2. The molecule has 0 N–H and O–H groups in total. The second kappa shape index (κ2) is 5.75. The van der Waals surface area contributed by atoms with Gasteiger partial charge < -0.3 is 0 Å². The third-order valence-electron chi connectivity index (χ3n) is 4.48. The Hall–Kier alpha value is -2.04. The molecule has 122 valence electrons. The molecule has 0 amide bonds. The van der Waals surface area contributed by atoms with Crippen LogP contribution in [-0.4, -0.2) is 9.97 Å². The van der Waals surface area contributed by atoms with Gasteiger partial charge in [-0.25, -0.2) is 0 Å². The molecule has 0 aliphatic carbocycles. The highest BCUT2D eigenvalue weighted by molar-refractivity contribution is 8.05. The van der Waals surface area contributed by atoms with E-state index in [1.165, 1.54) is 36.0 Å². The monoisotopic (exact) mass is 360 g/mol. The number of hydrogen-bond acceptors (Lipinski definition) is 4. The van der Waals surface area contributed by atoms with Crippen molar-refractivity contribution in [1.82, 2.24) is 9.97 Å². The maximum absolute atomic E-state index is 4.97. The zero-order chi connectivity index (χ0) is 17.0. The van der Waals surface area contributed by atoms with Crippen molar-refractivity contribution in [2.75, 3.05) is 0 Å². The van der Waals surface area contributed by atoms with E-state index >= 15 is 0 Å². The summed E-state index contributed by atoms with van der Waals surface area (Å²) in [6.45, 7) is 4.44. The zero-order valence-electron chi connectivity index (χ0n) is 14.0. The van der Waals surface area contributed by atoms with Gasteiger partial charge in [-0.2, -0.15) is 0 Å². The topological polar surface area (TPSA) is 25.8 Å². The van der Waals surface area contributed by atoms with E-state index in [4.69, 9.17) is 4.98 Å². The summed E-state index contributed by atoms with van der Waals surface area (Å²) in [6, 6.07) is 16.9. The maximum atomic E-state index is 4.97. The molecular weight excluding hydrogens is 344 g/mol. The molecule has 5 rings (SSSR count). The molecular formula is C21H16N2S2. The van der Waals surface area contributed by atoms with Crippen LogP contribution in [0.5, 0.6) is 0 Å². The van der Waals surface area contributed by atoms with Crippen LogP contribution in [0.3, 0.4) is 0 Å². The zero-order valence-corrected chi connectivity index (χ0v) is 15.6. The highest BCUT2D eigenvalue weighted by atomic mass is 32.2. The quantitative estimate of drug-likeness (QED) is 0.340. The van der Waals surface area contributed by atoms with Gasteiger partial charge in [0.05, 0.1) is 16.7 Å². The van der Waals surface area contributed by atoms with Gasteiger partial charge in [-0.15, -0.1) is 0 Å². The first kappa shape index (κ1) is 15.2. The first-order valence-corrected chi connectivity index (χ1v) is 10.0. The van der Waals surface area contributed by atoms with Crippen LogP contribution >= 0.6 is 23.5 Å². The van der Waals surface area contributed by atoms with Crippen LogP contribution in [0, 0.1) is 0 Å². The minimum absolute atomic E-state index is 0.390. The highest BCUT2D eigenvalue weighted by Gasteiger charge is 2.26. The van der Waals surface area contributed by atoms with Gasteiger partial charge in [-0.3, -0.25) is 9.97 Å². The SMILES string of the molecule is CC(C)c1nc2ccccc2c2c1Sc1cnc3ccccc3c1S2. The summed E-state index contributed by atoms with van der Waals surface area (Å²) in [6.07, 6.45) is 2.01. The van der Waals surface area contributed by atoms with Crippen LogP contribution in [-0.2, 0) is 0 Å². The number of pyridine rings is 2. The maximum Gasteiger partial charge on any atom is 0.0717 e.